The lowest BCUT2D eigenvalue weighted by Crippen LogP contribution is -2.15. The molecule has 0 fully saturated rings. The smallest absolute Gasteiger partial charge is 0.237 e. The Morgan fingerprint density at radius 1 is 1.17 bits per heavy atom. The maximum atomic E-state index is 12.6. The third-order valence-electron chi connectivity index (χ3n) is 5.21. The molecular formula is C23H28N4O2S. The maximum absolute atomic E-state index is 12.6. The van der Waals surface area contributed by atoms with Crippen molar-refractivity contribution in [3.05, 3.63) is 70.5 Å². The van der Waals surface area contributed by atoms with Crippen molar-refractivity contribution >= 4 is 21.9 Å². The van der Waals surface area contributed by atoms with E-state index in [0.29, 0.717) is 17.2 Å². The van der Waals surface area contributed by atoms with E-state index in [1.807, 2.05) is 32.0 Å². The summed E-state index contributed by atoms with van der Waals surface area (Å²) in [6, 6.07) is 9.86. The lowest BCUT2D eigenvalue weighted by molar-refractivity contribution is 0.600. The Kier molecular flexibility index (Phi) is 6.12. The molecule has 0 amide bonds. The van der Waals surface area contributed by atoms with Crippen molar-refractivity contribution in [1.82, 2.24) is 9.78 Å². The van der Waals surface area contributed by atoms with Crippen molar-refractivity contribution in [1.29, 1.82) is 5.41 Å². The van der Waals surface area contributed by atoms with Gasteiger partial charge in [0.15, 0.2) is 0 Å². The molecule has 2 aromatic carbocycles. The molecule has 0 spiro atoms. The molecule has 2 N–H and O–H groups in total. The molecule has 0 saturated heterocycles. The van der Waals surface area contributed by atoms with Crippen LogP contribution >= 0.6 is 0 Å². The fourth-order valence-corrected chi connectivity index (χ4v) is 4.83. The largest absolute Gasteiger partial charge is 0.308 e. The predicted molar refractivity (Wildman–Crippen MR) is 123 cm³/mol. The second-order valence-corrected chi connectivity index (χ2v) is 9.71. The van der Waals surface area contributed by atoms with Crippen molar-refractivity contribution in [2.24, 2.45) is 7.05 Å². The Morgan fingerprint density at radius 3 is 2.47 bits per heavy atom. The number of aryl methyl sites for hydroxylation is 2. The summed E-state index contributed by atoms with van der Waals surface area (Å²) in [6.07, 6.45) is 4.64. The monoisotopic (exact) mass is 424 g/mol. The van der Waals surface area contributed by atoms with E-state index in [0.717, 1.165) is 27.8 Å². The molecule has 1 aromatic heterocycles. The average molecular weight is 425 g/mol. The molecule has 0 aliphatic carbocycles. The molecule has 3 rings (SSSR count). The molecule has 0 aliphatic heterocycles. The second-order valence-electron chi connectivity index (χ2n) is 7.99. The van der Waals surface area contributed by atoms with Crippen LogP contribution in [0.5, 0.6) is 0 Å². The van der Waals surface area contributed by atoms with Gasteiger partial charge in [-0.25, -0.2) is 8.42 Å². The van der Waals surface area contributed by atoms with Crippen LogP contribution in [0.15, 0.2) is 42.7 Å². The highest BCUT2D eigenvalue weighted by Crippen LogP contribution is 2.31. The highest BCUT2D eigenvalue weighted by atomic mass is 32.2. The molecule has 0 atom stereocenters. The van der Waals surface area contributed by atoms with Crippen molar-refractivity contribution < 1.29 is 8.42 Å². The molecular weight excluding hydrogens is 396 g/mol. The molecule has 0 aliphatic rings. The third kappa shape index (κ3) is 4.79. The van der Waals surface area contributed by atoms with Gasteiger partial charge in [-0.05, 0) is 71.3 Å². The van der Waals surface area contributed by atoms with Gasteiger partial charge in [0.2, 0.25) is 10.0 Å². The number of anilines is 1. The standard InChI is InChI=1S/C23H28N4O2S/c1-15(2)22-10-20(9-21(11-24)17(22)4)19-6-7-23(16(3)8-19)26-30(28,29)14-18-12-25-27(5)13-18/h6-13,15,24,26H,14H2,1-5H3. The van der Waals surface area contributed by atoms with Crippen LogP contribution < -0.4 is 4.72 Å². The molecule has 30 heavy (non-hydrogen) atoms. The zero-order valence-corrected chi connectivity index (χ0v) is 18.8. The normalized spacial score (nSPS) is 11.7. The van der Waals surface area contributed by atoms with Gasteiger partial charge in [0.25, 0.3) is 0 Å². The maximum Gasteiger partial charge on any atom is 0.237 e. The number of sulfonamides is 1. The van der Waals surface area contributed by atoms with E-state index in [1.54, 1.807) is 30.2 Å². The zero-order chi connectivity index (χ0) is 22.1. The number of aromatic nitrogens is 2. The molecule has 0 saturated carbocycles. The number of hydrogen-bond acceptors (Lipinski definition) is 4. The van der Waals surface area contributed by atoms with Crippen molar-refractivity contribution in [3.8, 4) is 11.1 Å². The Hall–Kier alpha value is -2.93. The molecule has 6 nitrogen and oxygen atoms in total. The minimum Gasteiger partial charge on any atom is -0.308 e. The minimum absolute atomic E-state index is 0.125. The molecule has 0 radical (unpaired) electrons. The third-order valence-corrected chi connectivity index (χ3v) is 6.45. The van der Waals surface area contributed by atoms with E-state index in [1.165, 1.54) is 11.8 Å². The quantitative estimate of drug-likeness (QED) is 0.536. The molecule has 158 valence electrons. The number of rotatable bonds is 7. The van der Waals surface area contributed by atoms with E-state index in [9.17, 15) is 8.42 Å². The summed E-state index contributed by atoms with van der Waals surface area (Å²) in [4.78, 5) is 0. The van der Waals surface area contributed by atoms with Gasteiger partial charge in [0.1, 0.15) is 0 Å². The summed E-state index contributed by atoms with van der Waals surface area (Å²) >= 11 is 0. The van der Waals surface area contributed by atoms with E-state index in [2.05, 4.69) is 29.7 Å². The van der Waals surface area contributed by atoms with Crippen molar-refractivity contribution in [2.75, 3.05) is 4.72 Å². The first-order valence-corrected chi connectivity index (χ1v) is 11.5. The van der Waals surface area contributed by atoms with Gasteiger partial charge in [0, 0.05) is 25.0 Å². The first kappa shape index (κ1) is 21.8. The van der Waals surface area contributed by atoms with Crippen LogP contribution in [0.3, 0.4) is 0 Å². The second kappa shape index (κ2) is 8.44. The number of nitrogens with zero attached hydrogens (tertiary/aromatic N) is 2. The molecule has 7 heteroatoms. The molecule has 0 bridgehead atoms. The minimum atomic E-state index is -3.54. The number of benzene rings is 2. The van der Waals surface area contributed by atoms with E-state index in [-0.39, 0.29) is 5.75 Å². The summed E-state index contributed by atoms with van der Waals surface area (Å²) in [7, 11) is -1.79. The SMILES string of the molecule is Cc1cc(-c2cc(C=N)c(C)c(C(C)C)c2)ccc1NS(=O)(=O)Cc1cnn(C)c1. The Balaban J connectivity index is 1.90. The average Bonchev–Trinajstić information content (AvgIpc) is 3.07. The van der Waals surface area contributed by atoms with Crippen molar-refractivity contribution in [2.45, 2.75) is 39.4 Å². The Bertz CT molecular complexity index is 1190. The number of nitrogens with one attached hydrogen (secondary N) is 2. The Morgan fingerprint density at radius 2 is 1.90 bits per heavy atom. The van der Waals surface area contributed by atoms with Gasteiger partial charge in [-0.1, -0.05) is 26.0 Å². The van der Waals surface area contributed by atoms with Crippen LogP contribution in [0, 0.1) is 19.3 Å². The zero-order valence-electron chi connectivity index (χ0n) is 18.0. The van der Waals surface area contributed by atoms with Crippen LogP contribution in [0.2, 0.25) is 0 Å². The highest BCUT2D eigenvalue weighted by molar-refractivity contribution is 7.91. The molecule has 3 aromatic rings. The summed E-state index contributed by atoms with van der Waals surface area (Å²) in [6.45, 7) is 8.22. The topological polar surface area (TPSA) is 87.8 Å². The van der Waals surface area contributed by atoms with E-state index < -0.39 is 10.0 Å². The summed E-state index contributed by atoms with van der Waals surface area (Å²) < 4.78 is 29.4. The lowest BCUT2D eigenvalue weighted by Gasteiger charge is -2.16. The van der Waals surface area contributed by atoms with Crippen LogP contribution in [0.1, 0.15) is 47.6 Å². The van der Waals surface area contributed by atoms with Gasteiger partial charge in [-0.15, -0.1) is 0 Å². The fraction of sp³-hybridized carbons (Fsp3) is 0.304. The van der Waals surface area contributed by atoms with Gasteiger partial charge in [-0.2, -0.15) is 5.10 Å². The number of hydrogen-bond donors (Lipinski definition) is 2. The van der Waals surface area contributed by atoms with Gasteiger partial charge in [-0.3, -0.25) is 9.40 Å². The first-order chi connectivity index (χ1) is 14.1. The van der Waals surface area contributed by atoms with E-state index >= 15 is 0 Å². The lowest BCUT2D eigenvalue weighted by atomic mass is 9.89. The van der Waals surface area contributed by atoms with Crippen LogP contribution in [-0.2, 0) is 22.8 Å². The van der Waals surface area contributed by atoms with Gasteiger partial charge in [0.05, 0.1) is 17.6 Å². The van der Waals surface area contributed by atoms with Crippen LogP contribution in [0.25, 0.3) is 11.1 Å². The fourth-order valence-electron chi connectivity index (χ4n) is 3.60. The first-order valence-electron chi connectivity index (χ1n) is 9.83. The molecule has 1 heterocycles. The highest BCUT2D eigenvalue weighted by Gasteiger charge is 2.15. The Labute approximate surface area is 178 Å². The summed E-state index contributed by atoms with van der Waals surface area (Å²) in [5.41, 5.74) is 7.29. The van der Waals surface area contributed by atoms with Gasteiger partial charge < -0.3 is 5.41 Å². The van der Waals surface area contributed by atoms with Crippen molar-refractivity contribution in [3.63, 3.8) is 0 Å². The predicted octanol–water partition coefficient (Wildman–Crippen LogP) is 4.77. The molecule has 0 unspecified atom stereocenters. The van der Waals surface area contributed by atoms with Crippen LogP contribution in [-0.4, -0.2) is 24.4 Å². The van der Waals surface area contributed by atoms with Crippen LogP contribution in [0.4, 0.5) is 5.69 Å². The summed E-state index contributed by atoms with van der Waals surface area (Å²) in [5.74, 6) is 0.226. The van der Waals surface area contributed by atoms with Gasteiger partial charge >= 0.3 is 0 Å². The van der Waals surface area contributed by atoms with E-state index in [4.69, 9.17) is 5.41 Å². The summed E-state index contributed by atoms with van der Waals surface area (Å²) in [5, 5.41) is 11.8.